The lowest BCUT2D eigenvalue weighted by Gasteiger charge is -2.12. The van der Waals surface area contributed by atoms with Gasteiger partial charge in [0.05, 0.1) is 0 Å². The van der Waals surface area contributed by atoms with Crippen molar-refractivity contribution in [2.45, 2.75) is 32.0 Å². The maximum atomic E-state index is 12.9. The van der Waals surface area contributed by atoms with Crippen molar-refractivity contribution in [3.63, 3.8) is 0 Å². The number of halogens is 1. The summed E-state index contributed by atoms with van der Waals surface area (Å²) >= 11 is 0. The van der Waals surface area contributed by atoms with E-state index < -0.39 is 6.17 Å². The topological polar surface area (TPSA) is 21.3 Å². The zero-order valence-corrected chi connectivity index (χ0v) is 9.58. The Morgan fingerprint density at radius 1 is 1.44 bits per heavy atom. The number of hydrogen-bond acceptors (Lipinski definition) is 2. The van der Waals surface area contributed by atoms with Crippen molar-refractivity contribution in [2.75, 3.05) is 13.2 Å². The maximum Gasteiger partial charge on any atom is 0.122 e. The van der Waals surface area contributed by atoms with Gasteiger partial charge in [-0.25, -0.2) is 4.39 Å². The van der Waals surface area contributed by atoms with Crippen molar-refractivity contribution in [3.8, 4) is 5.75 Å². The molecular weight excluding hydrogens is 205 g/mol. The number of rotatable bonds is 4. The monoisotopic (exact) mass is 223 g/mol. The van der Waals surface area contributed by atoms with Gasteiger partial charge in [0.2, 0.25) is 0 Å². The number of nitrogens with one attached hydrogen (secondary N) is 1. The first-order valence-electron chi connectivity index (χ1n) is 5.86. The number of alkyl halides is 1. The summed E-state index contributed by atoms with van der Waals surface area (Å²) in [7, 11) is 0. The van der Waals surface area contributed by atoms with Gasteiger partial charge in [-0.2, -0.15) is 0 Å². The quantitative estimate of drug-likeness (QED) is 0.847. The van der Waals surface area contributed by atoms with Gasteiger partial charge in [0.15, 0.2) is 0 Å². The predicted molar refractivity (Wildman–Crippen MR) is 62.5 cm³/mol. The Kier molecular flexibility index (Phi) is 3.78. The zero-order chi connectivity index (χ0) is 11.4. The number of benzene rings is 1. The molecule has 2 rings (SSSR count). The van der Waals surface area contributed by atoms with Crippen LogP contribution in [-0.4, -0.2) is 19.2 Å². The molecule has 0 spiro atoms. The van der Waals surface area contributed by atoms with E-state index in [0.717, 1.165) is 12.3 Å². The van der Waals surface area contributed by atoms with Crippen LogP contribution in [0.25, 0.3) is 0 Å². The maximum absolute atomic E-state index is 12.9. The van der Waals surface area contributed by atoms with Crippen molar-refractivity contribution in [1.29, 1.82) is 0 Å². The van der Waals surface area contributed by atoms with E-state index in [9.17, 15) is 4.39 Å². The lowest BCUT2D eigenvalue weighted by molar-refractivity contribution is 0.277. The van der Waals surface area contributed by atoms with E-state index in [1.807, 2.05) is 12.1 Å². The summed E-state index contributed by atoms with van der Waals surface area (Å²) in [6.45, 7) is 3.33. The van der Waals surface area contributed by atoms with Gasteiger partial charge in [-0.05, 0) is 44.0 Å². The van der Waals surface area contributed by atoms with Crippen molar-refractivity contribution in [2.24, 2.45) is 0 Å². The molecule has 1 aromatic rings. The highest BCUT2D eigenvalue weighted by atomic mass is 19.1. The molecule has 88 valence electrons. The SMILES string of the molecule is CC(F)c1ccc(OCC2CCCN2)cc1. The molecule has 2 nitrogen and oxygen atoms in total. The molecule has 16 heavy (non-hydrogen) atoms. The molecule has 0 aliphatic carbocycles. The highest BCUT2D eigenvalue weighted by Gasteiger charge is 2.14. The molecule has 0 radical (unpaired) electrons. The van der Waals surface area contributed by atoms with Crippen LogP contribution in [0.3, 0.4) is 0 Å². The third-order valence-electron chi connectivity index (χ3n) is 2.95. The van der Waals surface area contributed by atoms with Crippen LogP contribution in [-0.2, 0) is 0 Å². The lowest BCUT2D eigenvalue weighted by Crippen LogP contribution is -2.28. The van der Waals surface area contributed by atoms with Crippen LogP contribution < -0.4 is 10.1 Å². The number of hydrogen-bond donors (Lipinski definition) is 1. The Labute approximate surface area is 95.8 Å². The van der Waals surface area contributed by atoms with E-state index in [2.05, 4.69) is 5.32 Å². The molecule has 2 atom stereocenters. The van der Waals surface area contributed by atoms with Crippen molar-refractivity contribution < 1.29 is 9.13 Å². The van der Waals surface area contributed by atoms with E-state index >= 15 is 0 Å². The van der Waals surface area contributed by atoms with E-state index in [1.165, 1.54) is 19.8 Å². The highest BCUT2D eigenvalue weighted by Crippen LogP contribution is 2.20. The molecule has 1 fully saturated rings. The Bertz CT molecular complexity index is 317. The van der Waals surface area contributed by atoms with Crippen LogP contribution in [0.5, 0.6) is 5.75 Å². The predicted octanol–water partition coefficient (Wildman–Crippen LogP) is 2.85. The molecule has 0 saturated carbocycles. The molecule has 1 N–H and O–H groups in total. The van der Waals surface area contributed by atoms with Gasteiger partial charge in [0, 0.05) is 6.04 Å². The van der Waals surface area contributed by atoms with E-state index in [0.29, 0.717) is 18.2 Å². The average molecular weight is 223 g/mol. The molecule has 1 heterocycles. The lowest BCUT2D eigenvalue weighted by atomic mass is 10.1. The van der Waals surface area contributed by atoms with Crippen LogP contribution in [0.15, 0.2) is 24.3 Å². The molecule has 0 bridgehead atoms. The summed E-state index contributed by atoms with van der Waals surface area (Å²) in [6, 6.07) is 7.70. The average Bonchev–Trinajstić information content (AvgIpc) is 2.80. The molecule has 1 aromatic carbocycles. The fourth-order valence-corrected chi connectivity index (χ4v) is 1.93. The smallest absolute Gasteiger partial charge is 0.122 e. The van der Waals surface area contributed by atoms with E-state index in [1.54, 1.807) is 12.1 Å². The van der Waals surface area contributed by atoms with Gasteiger partial charge in [-0.3, -0.25) is 0 Å². The second-order valence-electron chi connectivity index (χ2n) is 4.29. The summed E-state index contributed by atoms with van der Waals surface area (Å²) in [6.07, 6.45) is 1.50. The Morgan fingerprint density at radius 3 is 2.75 bits per heavy atom. The van der Waals surface area contributed by atoms with Crippen molar-refractivity contribution >= 4 is 0 Å². The fourth-order valence-electron chi connectivity index (χ4n) is 1.93. The van der Waals surface area contributed by atoms with Gasteiger partial charge >= 0.3 is 0 Å². The van der Waals surface area contributed by atoms with Crippen molar-refractivity contribution in [3.05, 3.63) is 29.8 Å². The molecular formula is C13H18FNO. The minimum Gasteiger partial charge on any atom is -0.492 e. The second kappa shape index (κ2) is 5.30. The molecule has 2 unspecified atom stereocenters. The van der Waals surface area contributed by atoms with Crippen LogP contribution in [0.2, 0.25) is 0 Å². The van der Waals surface area contributed by atoms with Gasteiger partial charge in [-0.1, -0.05) is 12.1 Å². The van der Waals surface area contributed by atoms with E-state index in [-0.39, 0.29) is 0 Å². The van der Waals surface area contributed by atoms with Crippen LogP contribution in [0.4, 0.5) is 4.39 Å². The number of ether oxygens (including phenoxy) is 1. The standard InChI is InChI=1S/C13H18FNO/c1-10(14)11-4-6-13(7-5-11)16-9-12-3-2-8-15-12/h4-7,10,12,15H,2-3,8-9H2,1H3. The summed E-state index contributed by atoms with van der Waals surface area (Å²) in [5.41, 5.74) is 0.700. The fraction of sp³-hybridized carbons (Fsp3) is 0.538. The Morgan fingerprint density at radius 2 is 2.19 bits per heavy atom. The summed E-state index contributed by atoms with van der Waals surface area (Å²) in [4.78, 5) is 0. The normalized spacial score (nSPS) is 22.0. The van der Waals surface area contributed by atoms with Crippen LogP contribution in [0.1, 0.15) is 31.5 Å². The summed E-state index contributed by atoms with van der Waals surface area (Å²) in [5, 5.41) is 3.37. The minimum absolute atomic E-state index is 0.472. The first-order chi connectivity index (χ1) is 7.75. The Hall–Kier alpha value is -1.09. The molecule has 0 aromatic heterocycles. The minimum atomic E-state index is -0.912. The van der Waals surface area contributed by atoms with Crippen molar-refractivity contribution in [1.82, 2.24) is 5.32 Å². The molecule has 0 amide bonds. The molecule has 3 heteroatoms. The first kappa shape index (κ1) is 11.4. The molecule has 1 aliphatic rings. The third kappa shape index (κ3) is 2.95. The second-order valence-corrected chi connectivity index (χ2v) is 4.29. The van der Waals surface area contributed by atoms with Gasteiger partial charge < -0.3 is 10.1 Å². The van der Waals surface area contributed by atoms with Gasteiger partial charge in [0.1, 0.15) is 18.5 Å². The zero-order valence-electron chi connectivity index (χ0n) is 9.58. The van der Waals surface area contributed by atoms with Gasteiger partial charge in [-0.15, -0.1) is 0 Å². The molecule has 1 saturated heterocycles. The highest BCUT2D eigenvalue weighted by molar-refractivity contribution is 5.28. The summed E-state index contributed by atoms with van der Waals surface area (Å²) < 4.78 is 18.6. The largest absolute Gasteiger partial charge is 0.492 e. The van der Waals surface area contributed by atoms with Crippen LogP contribution in [0, 0.1) is 0 Å². The molecule has 1 aliphatic heterocycles. The Balaban J connectivity index is 1.84. The van der Waals surface area contributed by atoms with Gasteiger partial charge in [0.25, 0.3) is 0 Å². The third-order valence-corrected chi connectivity index (χ3v) is 2.95. The summed E-state index contributed by atoms with van der Waals surface area (Å²) in [5.74, 6) is 0.818. The first-order valence-corrected chi connectivity index (χ1v) is 5.86. The van der Waals surface area contributed by atoms with Crippen LogP contribution >= 0.6 is 0 Å². The van der Waals surface area contributed by atoms with E-state index in [4.69, 9.17) is 4.74 Å².